The van der Waals surface area contributed by atoms with Gasteiger partial charge in [-0.2, -0.15) is 5.10 Å². The highest BCUT2D eigenvalue weighted by Gasteiger charge is 2.13. The number of hydrogen-bond donors (Lipinski definition) is 2. The van der Waals surface area contributed by atoms with Crippen molar-refractivity contribution in [2.45, 2.75) is 45.4 Å². The van der Waals surface area contributed by atoms with E-state index in [9.17, 15) is 5.11 Å². The first-order valence-electron chi connectivity index (χ1n) is 4.91. The molecule has 0 aliphatic carbocycles. The molecule has 1 heterocycles. The molecule has 14 heavy (non-hydrogen) atoms. The molecule has 0 saturated carbocycles. The van der Waals surface area contributed by atoms with E-state index in [0.717, 1.165) is 5.69 Å². The molecule has 1 aromatic rings. The lowest BCUT2D eigenvalue weighted by molar-refractivity contribution is 0.0313. The second-order valence-electron chi connectivity index (χ2n) is 3.89. The molecule has 0 aliphatic rings. The third kappa shape index (κ3) is 2.82. The number of aliphatic hydroxyl groups is 2. The minimum absolute atomic E-state index is 0.326. The Morgan fingerprint density at radius 1 is 1.36 bits per heavy atom. The Morgan fingerprint density at radius 2 is 2.00 bits per heavy atom. The van der Waals surface area contributed by atoms with E-state index in [2.05, 4.69) is 5.10 Å². The highest BCUT2D eigenvalue weighted by molar-refractivity contribution is 5.01. The lowest BCUT2D eigenvalue weighted by Gasteiger charge is -2.11. The summed E-state index contributed by atoms with van der Waals surface area (Å²) >= 11 is 0. The molecule has 0 aromatic carbocycles. The molecule has 0 amide bonds. The fourth-order valence-corrected chi connectivity index (χ4v) is 1.16. The van der Waals surface area contributed by atoms with Gasteiger partial charge in [-0.15, -0.1) is 0 Å². The van der Waals surface area contributed by atoms with Crippen molar-refractivity contribution in [3.8, 4) is 0 Å². The van der Waals surface area contributed by atoms with E-state index < -0.39 is 12.2 Å². The first-order valence-corrected chi connectivity index (χ1v) is 4.91. The Hall–Kier alpha value is -0.870. The van der Waals surface area contributed by atoms with Crippen LogP contribution >= 0.6 is 0 Å². The van der Waals surface area contributed by atoms with Crippen molar-refractivity contribution in [2.24, 2.45) is 0 Å². The average molecular weight is 198 g/mol. The number of hydrogen-bond acceptors (Lipinski definition) is 3. The molecule has 4 nitrogen and oxygen atoms in total. The minimum Gasteiger partial charge on any atom is -0.391 e. The molecule has 0 aliphatic heterocycles. The number of aromatic nitrogens is 2. The van der Waals surface area contributed by atoms with Gasteiger partial charge in [0.2, 0.25) is 0 Å². The van der Waals surface area contributed by atoms with Crippen LogP contribution in [-0.4, -0.2) is 32.2 Å². The lowest BCUT2D eigenvalue weighted by atomic mass is 10.1. The van der Waals surface area contributed by atoms with Crippen molar-refractivity contribution in [3.63, 3.8) is 0 Å². The maximum atomic E-state index is 9.43. The molecule has 2 N–H and O–H groups in total. The Labute approximate surface area is 84.2 Å². The summed E-state index contributed by atoms with van der Waals surface area (Å²) in [7, 11) is 0. The summed E-state index contributed by atoms with van der Waals surface area (Å²) < 4.78 is 1.84. The predicted octanol–water partition coefficient (Wildman–Crippen LogP) is 0.748. The topological polar surface area (TPSA) is 58.3 Å². The first-order chi connectivity index (χ1) is 6.50. The van der Waals surface area contributed by atoms with Gasteiger partial charge in [-0.05, 0) is 26.8 Å². The summed E-state index contributed by atoms with van der Waals surface area (Å²) in [5.74, 6) is 0. The largest absolute Gasteiger partial charge is 0.391 e. The van der Waals surface area contributed by atoms with Gasteiger partial charge < -0.3 is 10.2 Å². The lowest BCUT2D eigenvalue weighted by Crippen LogP contribution is -2.25. The third-order valence-electron chi connectivity index (χ3n) is 2.17. The van der Waals surface area contributed by atoms with Crippen LogP contribution in [0.1, 0.15) is 32.5 Å². The van der Waals surface area contributed by atoms with Gasteiger partial charge in [0.05, 0.1) is 17.9 Å². The summed E-state index contributed by atoms with van der Waals surface area (Å²) in [5.41, 5.74) is 0.812. The standard InChI is InChI=1S/C10H18N2O2/c1-7(2)12-5-4-9(11-12)6-10(14)8(3)13/h4-5,7-8,10,13-14H,6H2,1-3H3. The smallest absolute Gasteiger partial charge is 0.0852 e. The van der Waals surface area contributed by atoms with E-state index >= 15 is 0 Å². The molecule has 0 saturated heterocycles. The Kier molecular flexibility index (Phi) is 3.66. The van der Waals surface area contributed by atoms with Gasteiger partial charge in [-0.25, -0.2) is 0 Å². The fraction of sp³-hybridized carbons (Fsp3) is 0.700. The maximum absolute atomic E-state index is 9.43. The van der Waals surface area contributed by atoms with Crippen molar-refractivity contribution in [3.05, 3.63) is 18.0 Å². The van der Waals surface area contributed by atoms with Crippen LogP contribution in [0.15, 0.2) is 12.3 Å². The van der Waals surface area contributed by atoms with Gasteiger partial charge in [-0.3, -0.25) is 4.68 Å². The van der Waals surface area contributed by atoms with Crippen molar-refractivity contribution < 1.29 is 10.2 Å². The second kappa shape index (κ2) is 4.57. The first kappa shape index (κ1) is 11.2. The van der Waals surface area contributed by atoms with Crippen LogP contribution in [-0.2, 0) is 6.42 Å². The van der Waals surface area contributed by atoms with Crippen molar-refractivity contribution >= 4 is 0 Å². The zero-order valence-electron chi connectivity index (χ0n) is 8.88. The van der Waals surface area contributed by atoms with Crippen molar-refractivity contribution in [2.75, 3.05) is 0 Å². The fourth-order valence-electron chi connectivity index (χ4n) is 1.16. The molecule has 2 unspecified atom stereocenters. The van der Waals surface area contributed by atoms with Crippen molar-refractivity contribution in [1.82, 2.24) is 9.78 Å². The molecule has 0 fully saturated rings. The molecule has 80 valence electrons. The van der Waals surface area contributed by atoms with Gasteiger partial charge in [0.25, 0.3) is 0 Å². The van der Waals surface area contributed by atoms with E-state index in [4.69, 9.17) is 5.11 Å². The molecule has 0 spiro atoms. The highest BCUT2D eigenvalue weighted by atomic mass is 16.3. The Morgan fingerprint density at radius 3 is 2.43 bits per heavy atom. The SMILES string of the molecule is CC(O)C(O)Cc1ccn(C(C)C)n1. The predicted molar refractivity (Wildman–Crippen MR) is 54.0 cm³/mol. The molecule has 1 aromatic heterocycles. The van der Waals surface area contributed by atoms with E-state index in [1.54, 1.807) is 6.92 Å². The quantitative estimate of drug-likeness (QED) is 0.750. The summed E-state index contributed by atoms with van der Waals surface area (Å²) in [6.07, 6.45) is 0.844. The summed E-state index contributed by atoms with van der Waals surface area (Å²) in [6, 6.07) is 2.19. The van der Waals surface area contributed by atoms with Crippen LogP contribution in [0.5, 0.6) is 0 Å². The van der Waals surface area contributed by atoms with Crippen molar-refractivity contribution in [1.29, 1.82) is 0 Å². The molecule has 1 rings (SSSR count). The third-order valence-corrected chi connectivity index (χ3v) is 2.17. The van der Waals surface area contributed by atoms with Gasteiger partial charge in [0.1, 0.15) is 0 Å². The number of nitrogens with zero attached hydrogens (tertiary/aromatic N) is 2. The highest BCUT2D eigenvalue weighted by Crippen LogP contribution is 2.07. The second-order valence-corrected chi connectivity index (χ2v) is 3.89. The Bertz CT molecular complexity index is 281. The zero-order chi connectivity index (χ0) is 10.7. The molecule has 0 radical (unpaired) electrons. The normalized spacial score (nSPS) is 15.9. The zero-order valence-corrected chi connectivity index (χ0v) is 8.88. The van der Waals surface area contributed by atoms with Crippen LogP contribution in [0.4, 0.5) is 0 Å². The van der Waals surface area contributed by atoms with Gasteiger partial charge >= 0.3 is 0 Å². The Balaban J connectivity index is 2.60. The number of aliphatic hydroxyl groups excluding tert-OH is 2. The van der Waals surface area contributed by atoms with Crippen LogP contribution in [0.2, 0.25) is 0 Å². The summed E-state index contributed by atoms with van der Waals surface area (Å²) in [4.78, 5) is 0. The summed E-state index contributed by atoms with van der Waals surface area (Å²) in [6.45, 7) is 5.66. The van der Waals surface area contributed by atoms with Crippen LogP contribution < -0.4 is 0 Å². The molecule has 0 bridgehead atoms. The molecule has 4 heteroatoms. The molecular formula is C10H18N2O2. The number of rotatable bonds is 4. The van der Waals surface area contributed by atoms with E-state index in [-0.39, 0.29) is 0 Å². The van der Waals surface area contributed by atoms with Gasteiger partial charge in [-0.1, -0.05) is 0 Å². The molecular weight excluding hydrogens is 180 g/mol. The van der Waals surface area contributed by atoms with Gasteiger partial charge in [0, 0.05) is 18.7 Å². The summed E-state index contributed by atoms with van der Waals surface area (Å²) in [5, 5.41) is 22.8. The van der Waals surface area contributed by atoms with Crippen LogP contribution in [0.3, 0.4) is 0 Å². The average Bonchev–Trinajstić information content (AvgIpc) is 2.52. The van der Waals surface area contributed by atoms with Crippen LogP contribution in [0, 0.1) is 0 Å². The van der Waals surface area contributed by atoms with E-state index in [1.807, 2.05) is 30.8 Å². The van der Waals surface area contributed by atoms with Crippen LogP contribution in [0.25, 0.3) is 0 Å². The monoisotopic (exact) mass is 198 g/mol. The molecule has 2 atom stereocenters. The van der Waals surface area contributed by atoms with E-state index in [1.165, 1.54) is 0 Å². The minimum atomic E-state index is -0.731. The maximum Gasteiger partial charge on any atom is 0.0852 e. The van der Waals surface area contributed by atoms with Gasteiger partial charge in [0.15, 0.2) is 0 Å². The van der Waals surface area contributed by atoms with E-state index in [0.29, 0.717) is 12.5 Å².